The normalized spacial score (nSPS) is 23.6. The van der Waals surface area contributed by atoms with Crippen LogP contribution in [0.25, 0.3) is 0 Å². The zero-order valence-corrected chi connectivity index (χ0v) is 14.0. The van der Waals surface area contributed by atoms with E-state index >= 15 is 0 Å². The summed E-state index contributed by atoms with van der Waals surface area (Å²) in [4.78, 5) is 30.8. The van der Waals surface area contributed by atoms with E-state index in [4.69, 9.17) is 16.3 Å². The van der Waals surface area contributed by atoms with Gasteiger partial charge in [-0.3, -0.25) is 14.5 Å². The maximum Gasteiger partial charge on any atom is 0.251 e. The number of imide groups is 1. The van der Waals surface area contributed by atoms with E-state index in [1.807, 2.05) is 0 Å². The number of hydrogen-bond acceptors (Lipinski definition) is 5. The molecule has 0 spiro atoms. The largest absolute Gasteiger partial charge is 0.495 e. The average molecular weight is 338 g/mol. The predicted molar refractivity (Wildman–Crippen MR) is 88.0 cm³/mol. The van der Waals surface area contributed by atoms with E-state index in [1.54, 1.807) is 18.2 Å². The second-order valence-corrected chi connectivity index (χ2v) is 6.38. The first-order valence-electron chi connectivity index (χ1n) is 7.64. The molecule has 1 aromatic carbocycles. The van der Waals surface area contributed by atoms with Gasteiger partial charge in [-0.15, -0.1) is 0 Å². The van der Waals surface area contributed by atoms with Gasteiger partial charge < -0.3 is 9.64 Å². The SMILES string of the molecule is COc1ccc(Cl)cc1N1C(=O)CC(N2CCN(C)CC2)C1=O. The number of rotatable bonds is 3. The third-order valence-corrected chi connectivity index (χ3v) is 4.72. The number of likely N-dealkylation sites (N-methyl/N-ethyl adjacent to an activating group) is 1. The Kier molecular flexibility index (Phi) is 4.57. The highest BCUT2D eigenvalue weighted by Crippen LogP contribution is 2.35. The lowest BCUT2D eigenvalue weighted by Crippen LogP contribution is -2.51. The molecule has 7 heteroatoms. The number of carbonyl (C=O) groups is 2. The van der Waals surface area contributed by atoms with Gasteiger partial charge in [0, 0.05) is 31.2 Å². The number of methoxy groups -OCH3 is 1. The number of carbonyl (C=O) groups excluding carboxylic acids is 2. The minimum Gasteiger partial charge on any atom is -0.495 e. The predicted octanol–water partition coefficient (Wildman–Crippen LogP) is 1.23. The summed E-state index contributed by atoms with van der Waals surface area (Å²) in [5.41, 5.74) is 0.423. The third-order valence-electron chi connectivity index (χ3n) is 4.48. The second kappa shape index (κ2) is 6.47. The summed E-state index contributed by atoms with van der Waals surface area (Å²) < 4.78 is 5.28. The summed E-state index contributed by atoms with van der Waals surface area (Å²) in [7, 11) is 3.57. The van der Waals surface area contributed by atoms with Crippen LogP contribution in [0.2, 0.25) is 5.02 Å². The van der Waals surface area contributed by atoms with E-state index in [0.29, 0.717) is 16.5 Å². The molecule has 0 aliphatic carbocycles. The molecule has 0 radical (unpaired) electrons. The monoisotopic (exact) mass is 337 g/mol. The van der Waals surface area contributed by atoms with Gasteiger partial charge in [-0.2, -0.15) is 0 Å². The molecule has 1 unspecified atom stereocenters. The minimum absolute atomic E-state index is 0.194. The van der Waals surface area contributed by atoms with Gasteiger partial charge in [0.1, 0.15) is 5.75 Å². The molecule has 0 N–H and O–H groups in total. The number of hydrogen-bond donors (Lipinski definition) is 0. The Bertz CT molecular complexity index is 629. The molecule has 3 rings (SSSR count). The summed E-state index contributed by atoms with van der Waals surface area (Å²) in [6.07, 6.45) is 0.207. The van der Waals surface area contributed by atoms with Crippen LogP contribution in [-0.4, -0.2) is 68.0 Å². The van der Waals surface area contributed by atoms with Crippen LogP contribution < -0.4 is 9.64 Å². The number of ether oxygens (including phenoxy) is 1. The lowest BCUT2D eigenvalue weighted by Gasteiger charge is -2.35. The number of anilines is 1. The van der Waals surface area contributed by atoms with Crippen molar-refractivity contribution in [2.24, 2.45) is 0 Å². The Labute approximate surface area is 140 Å². The van der Waals surface area contributed by atoms with E-state index in [9.17, 15) is 9.59 Å². The van der Waals surface area contributed by atoms with Crippen LogP contribution in [-0.2, 0) is 9.59 Å². The van der Waals surface area contributed by atoms with E-state index in [1.165, 1.54) is 12.0 Å². The molecule has 1 atom stereocenters. The fourth-order valence-corrected chi connectivity index (χ4v) is 3.29. The summed E-state index contributed by atoms with van der Waals surface area (Å²) in [6.45, 7) is 3.39. The Balaban J connectivity index is 1.86. The van der Waals surface area contributed by atoms with E-state index < -0.39 is 0 Å². The standard InChI is InChI=1S/C16H20ClN3O3/c1-18-5-7-19(8-6-18)13-10-15(21)20(16(13)22)12-9-11(17)3-4-14(12)23-2/h3-4,9,13H,5-8,10H2,1-2H3. The molecule has 2 saturated heterocycles. The van der Waals surface area contributed by atoms with Crippen LogP contribution in [0.4, 0.5) is 5.69 Å². The lowest BCUT2D eigenvalue weighted by atomic mass is 10.2. The van der Waals surface area contributed by atoms with E-state index in [0.717, 1.165) is 26.2 Å². The summed E-state index contributed by atoms with van der Waals surface area (Å²) in [5, 5.41) is 0.462. The number of nitrogens with zero attached hydrogens (tertiary/aromatic N) is 3. The summed E-state index contributed by atoms with van der Waals surface area (Å²) >= 11 is 6.03. The van der Waals surface area contributed by atoms with Gasteiger partial charge in [-0.1, -0.05) is 11.6 Å². The third kappa shape index (κ3) is 3.06. The number of piperazine rings is 1. The van der Waals surface area contributed by atoms with Crippen LogP contribution in [0, 0.1) is 0 Å². The van der Waals surface area contributed by atoms with E-state index in [2.05, 4.69) is 16.8 Å². The molecule has 2 fully saturated rings. The van der Waals surface area contributed by atoms with Crippen LogP contribution in [0.3, 0.4) is 0 Å². The van der Waals surface area contributed by atoms with Gasteiger partial charge in [0.2, 0.25) is 5.91 Å². The first-order chi connectivity index (χ1) is 11.0. The minimum atomic E-state index is -0.389. The quantitative estimate of drug-likeness (QED) is 0.776. The molecule has 124 valence electrons. The molecule has 2 amide bonds. The summed E-state index contributed by atoms with van der Waals surface area (Å²) in [5.74, 6) is 0.0646. The molecular weight excluding hydrogens is 318 g/mol. The Morgan fingerprint density at radius 2 is 1.87 bits per heavy atom. The Morgan fingerprint density at radius 1 is 1.17 bits per heavy atom. The Hall–Kier alpha value is -1.63. The van der Waals surface area contributed by atoms with Crippen LogP contribution in [0.15, 0.2) is 18.2 Å². The highest BCUT2D eigenvalue weighted by Gasteiger charge is 2.44. The molecule has 0 saturated carbocycles. The Morgan fingerprint density at radius 3 is 2.52 bits per heavy atom. The maximum atomic E-state index is 12.8. The van der Waals surface area contributed by atoms with Crippen molar-refractivity contribution in [1.29, 1.82) is 0 Å². The first kappa shape index (κ1) is 16.2. The van der Waals surface area contributed by atoms with Crippen molar-refractivity contribution in [2.45, 2.75) is 12.5 Å². The van der Waals surface area contributed by atoms with Crippen molar-refractivity contribution < 1.29 is 14.3 Å². The number of halogens is 1. The molecule has 2 aliphatic rings. The smallest absolute Gasteiger partial charge is 0.251 e. The molecule has 2 aliphatic heterocycles. The maximum absolute atomic E-state index is 12.8. The van der Waals surface area contributed by atoms with Gasteiger partial charge >= 0.3 is 0 Å². The highest BCUT2D eigenvalue weighted by atomic mass is 35.5. The van der Waals surface area contributed by atoms with Crippen molar-refractivity contribution in [1.82, 2.24) is 9.80 Å². The van der Waals surface area contributed by atoms with Crippen molar-refractivity contribution in [2.75, 3.05) is 45.2 Å². The second-order valence-electron chi connectivity index (χ2n) is 5.94. The topological polar surface area (TPSA) is 53.1 Å². The van der Waals surface area contributed by atoms with Crippen LogP contribution in [0.1, 0.15) is 6.42 Å². The number of amides is 2. The van der Waals surface area contributed by atoms with Gasteiger partial charge in [0.05, 0.1) is 25.3 Å². The fraction of sp³-hybridized carbons (Fsp3) is 0.500. The van der Waals surface area contributed by atoms with Crippen molar-refractivity contribution in [3.8, 4) is 5.75 Å². The number of benzene rings is 1. The summed E-state index contributed by atoms with van der Waals surface area (Å²) in [6, 6.07) is 4.55. The molecule has 0 aromatic heterocycles. The first-order valence-corrected chi connectivity index (χ1v) is 8.02. The molecular formula is C16H20ClN3O3. The van der Waals surface area contributed by atoms with Crippen molar-refractivity contribution >= 4 is 29.1 Å². The van der Waals surface area contributed by atoms with Crippen molar-refractivity contribution in [3.05, 3.63) is 23.2 Å². The average Bonchev–Trinajstić information content (AvgIpc) is 2.83. The molecule has 23 heavy (non-hydrogen) atoms. The zero-order valence-electron chi connectivity index (χ0n) is 13.3. The van der Waals surface area contributed by atoms with Gasteiger partial charge in [-0.05, 0) is 25.2 Å². The van der Waals surface area contributed by atoms with Crippen LogP contribution >= 0.6 is 11.6 Å². The van der Waals surface area contributed by atoms with E-state index in [-0.39, 0.29) is 24.3 Å². The zero-order chi connectivity index (χ0) is 16.6. The van der Waals surface area contributed by atoms with Gasteiger partial charge in [0.15, 0.2) is 0 Å². The lowest BCUT2D eigenvalue weighted by molar-refractivity contribution is -0.123. The van der Waals surface area contributed by atoms with Gasteiger partial charge in [0.25, 0.3) is 5.91 Å². The van der Waals surface area contributed by atoms with Crippen molar-refractivity contribution in [3.63, 3.8) is 0 Å². The molecule has 1 aromatic rings. The molecule has 0 bridgehead atoms. The van der Waals surface area contributed by atoms with Gasteiger partial charge in [-0.25, -0.2) is 4.90 Å². The highest BCUT2D eigenvalue weighted by molar-refractivity contribution is 6.31. The molecule has 6 nitrogen and oxygen atoms in total. The van der Waals surface area contributed by atoms with Crippen LogP contribution in [0.5, 0.6) is 5.75 Å². The molecule has 2 heterocycles. The fourth-order valence-electron chi connectivity index (χ4n) is 3.13.